The Morgan fingerprint density at radius 2 is 2.04 bits per heavy atom. The predicted octanol–water partition coefficient (Wildman–Crippen LogP) is 0.705. The van der Waals surface area contributed by atoms with E-state index in [4.69, 9.17) is 5.73 Å². The maximum Gasteiger partial charge on any atom is 0.326 e. The number of carbonyl (C=O) groups is 1. The second-order valence-electron chi connectivity index (χ2n) is 5.60. The molecule has 1 aromatic heterocycles. The van der Waals surface area contributed by atoms with Gasteiger partial charge < -0.3 is 16.0 Å². The van der Waals surface area contributed by atoms with Crippen LogP contribution in [0.15, 0.2) is 33.9 Å². The molecule has 0 bridgehead atoms. The summed E-state index contributed by atoms with van der Waals surface area (Å²) in [6.07, 6.45) is 1.53. The van der Waals surface area contributed by atoms with E-state index in [9.17, 15) is 14.4 Å². The maximum absolute atomic E-state index is 12.1. The van der Waals surface area contributed by atoms with Crippen molar-refractivity contribution >= 4 is 11.6 Å². The number of H-pyrrole nitrogens is 2. The summed E-state index contributed by atoms with van der Waals surface area (Å²) >= 11 is 0. The fourth-order valence-electron chi connectivity index (χ4n) is 2.29. The van der Waals surface area contributed by atoms with Crippen LogP contribution in [0.3, 0.4) is 0 Å². The Morgan fingerprint density at radius 1 is 1.30 bits per heavy atom. The molecule has 7 heteroatoms. The number of nitrogens with one attached hydrogen (secondary N) is 3. The molecule has 122 valence electrons. The highest BCUT2D eigenvalue weighted by molar-refractivity contribution is 5.96. The lowest BCUT2D eigenvalue weighted by Crippen LogP contribution is -2.37. The summed E-state index contributed by atoms with van der Waals surface area (Å²) in [6.45, 7) is 3.88. The SMILES string of the molecule is Cc1cccc(CC[C@@H](C)NC(=O)c2[nH]c(=O)[nH]c(=O)c2N)c1. The van der Waals surface area contributed by atoms with E-state index in [0.29, 0.717) is 0 Å². The molecule has 1 amide bonds. The van der Waals surface area contributed by atoms with Crippen molar-refractivity contribution in [2.75, 3.05) is 5.73 Å². The van der Waals surface area contributed by atoms with E-state index in [2.05, 4.69) is 16.4 Å². The van der Waals surface area contributed by atoms with Gasteiger partial charge in [-0.1, -0.05) is 29.8 Å². The Hall–Kier alpha value is -2.83. The zero-order chi connectivity index (χ0) is 17.0. The standard InChI is InChI=1S/C16H20N4O3/c1-9-4-3-5-11(8-9)7-6-10(2)18-15(22)13-12(17)14(21)20-16(23)19-13/h3-5,8,10H,6-7,17H2,1-2H3,(H,18,22)(H2,19,20,21,23)/t10-/m1/s1. The summed E-state index contributed by atoms with van der Waals surface area (Å²) in [4.78, 5) is 39.0. The van der Waals surface area contributed by atoms with Crippen molar-refractivity contribution in [3.63, 3.8) is 0 Å². The average Bonchev–Trinajstić information content (AvgIpc) is 2.49. The second kappa shape index (κ2) is 6.95. The summed E-state index contributed by atoms with van der Waals surface area (Å²) in [7, 11) is 0. The molecule has 1 aromatic carbocycles. The topological polar surface area (TPSA) is 121 Å². The number of anilines is 1. The van der Waals surface area contributed by atoms with Gasteiger partial charge in [0.05, 0.1) is 0 Å². The number of nitrogens with two attached hydrogens (primary N) is 1. The van der Waals surface area contributed by atoms with E-state index in [1.807, 2.05) is 37.0 Å². The monoisotopic (exact) mass is 316 g/mol. The molecular weight excluding hydrogens is 296 g/mol. The molecule has 0 aliphatic rings. The fourth-order valence-corrected chi connectivity index (χ4v) is 2.29. The first-order chi connectivity index (χ1) is 10.9. The van der Waals surface area contributed by atoms with E-state index in [0.717, 1.165) is 12.8 Å². The first-order valence-electron chi connectivity index (χ1n) is 7.35. The molecule has 0 saturated carbocycles. The van der Waals surface area contributed by atoms with Gasteiger partial charge in [-0.05, 0) is 32.3 Å². The van der Waals surface area contributed by atoms with E-state index >= 15 is 0 Å². The van der Waals surface area contributed by atoms with Crippen molar-refractivity contribution in [1.29, 1.82) is 0 Å². The molecule has 1 heterocycles. The zero-order valence-electron chi connectivity index (χ0n) is 13.1. The number of amides is 1. The van der Waals surface area contributed by atoms with Crippen LogP contribution in [0.4, 0.5) is 5.69 Å². The summed E-state index contributed by atoms with van der Waals surface area (Å²) in [6, 6.07) is 8.02. The summed E-state index contributed by atoms with van der Waals surface area (Å²) in [5.74, 6) is -0.567. The molecule has 0 fully saturated rings. The fraction of sp³-hybridized carbons (Fsp3) is 0.312. The highest BCUT2D eigenvalue weighted by Gasteiger charge is 2.16. The van der Waals surface area contributed by atoms with Crippen molar-refractivity contribution in [3.05, 3.63) is 61.9 Å². The highest BCUT2D eigenvalue weighted by atomic mass is 16.2. The van der Waals surface area contributed by atoms with Crippen LogP contribution in [0.25, 0.3) is 0 Å². The van der Waals surface area contributed by atoms with Crippen LogP contribution in [0.2, 0.25) is 0 Å². The molecule has 2 rings (SSSR count). The van der Waals surface area contributed by atoms with E-state index < -0.39 is 17.2 Å². The van der Waals surface area contributed by atoms with Gasteiger partial charge in [0.1, 0.15) is 11.4 Å². The minimum Gasteiger partial charge on any atom is -0.392 e. The summed E-state index contributed by atoms with van der Waals surface area (Å²) in [5.41, 5.74) is 5.87. The van der Waals surface area contributed by atoms with Gasteiger partial charge in [0.2, 0.25) is 0 Å². The molecule has 0 spiro atoms. The van der Waals surface area contributed by atoms with Gasteiger partial charge in [-0.25, -0.2) is 4.79 Å². The number of hydrogen-bond donors (Lipinski definition) is 4. The van der Waals surface area contributed by atoms with Crippen molar-refractivity contribution in [3.8, 4) is 0 Å². The third-order valence-electron chi connectivity index (χ3n) is 3.53. The predicted molar refractivity (Wildman–Crippen MR) is 88.5 cm³/mol. The van der Waals surface area contributed by atoms with Crippen LogP contribution in [-0.4, -0.2) is 21.9 Å². The van der Waals surface area contributed by atoms with Crippen molar-refractivity contribution in [1.82, 2.24) is 15.3 Å². The van der Waals surface area contributed by atoms with Gasteiger partial charge >= 0.3 is 5.69 Å². The third kappa shape index (κ3) is 4.32. The number of nitrogen functional groups attached to an aromatic ring is 1. The smallest absolute Gasteiger partial charge is 0.326 e. The number of aromatic nitrogens is 2. The lowest BCUT2D eigenvalue weighted by atomic mass is 10.0. The molecule has 0 unspecified atom stereocenters. The van der Waals surface area contributed by atoms with Crippen LogP contribution >= 0.6 is 0 Å². The van der Waals surface area contributed by atoms with Crippen LogP contribution in [0.5, 0.6) is 0 Å². The number of carbonyl (C=O) groups excluding carboxylic acids is 1. The Bertz CT molecular complexity index is 823. The summed E-state index contributed by atoms with van der Waals surface area (Å²) < 4.78 is 0. The van der Waals surface area contributed by atoms with Gasteiger partial charge in [0.15, 0.2) is 0 Å². The first-order valence-corrected chi connectivity index (χ1v) is 7.35. The van der Waals surface area contributed by atoms with Gasteiger partial charge in [-0.2, -0.15) is 0 Å². The molecule has 0 aliphatic carbocycles. The molecule has 0 radical (unpaired) electrons. The number of hydrogen-bond acceptors (Lipinski definition) is 4. The highest BCUT2D eigenvalue weighted by Crippen LogP contribution is 2.08. The molecule has 1 atom stereocenters. The minimum absolute atomic E-state index is 0.134. The normalized spacial score (nSPS) is 11.9. The Kier molecular flexibility index (Phi) is 5.00. The van der Waals surface area contributed by atoms with Crippen LogP contribution in [0, 0.1) is 6.92 Å². The van der Waals surface area contributed by atoms with Crippen LogP contribution in [0.1, 0.15) is 35.0 Å². The van der Waals surface area contributed by atoms with Crippen LogP contribution in [-0.2, 0) is 6.42 Å². The first kappa shape index (κ1) is 16.5. The second-order valence-corrected chi connectivity index (χ2v) is 5.60. The lowest BCUT2D eigenvalue weighted by Gasteiger charge is -2.14. The van der Waals surface area contributed by atoms with Gasteiger partial charge in [0, 0.05) is 6.04 Å². The molecule has 0 aliphatic heterocycles. The molecule has 7 nitrogen and oxygen atoms in total. The molecular formula is C16H20N4O3. The number of rotatable bonds is 5. The van der Waals surface area contributed by atoms with Crippen molar-refractivity contribution < 1.29 is 4.79 Å². The minimum atomic E-state index is -0.772. The number of benzene rings is 1. The number of aryl methyl sites for hydroxylation is 2. The van der Waals surface area contributed by atoms with Crippen molar-refractivity contribution in [2.45, 2.75) is 32.7 Å². The van der Waals surface area contributed by atoms with E-state index in [-0.39, 0.29) is 17.4 Å². The Labute approximate surface area is 132 Å². The molecule has 2 aromatic rings. The largest absolute Gasteiger partial charge is 0.392 e. The van der Waals surface area contributed by atoms with Crippen LogP contribution < -0.4 is 22.3 Å². The Morgan fingerprint density at radius 3 is 2.74 bits per heavy atom. The zero-order valence-corrected chi connectivity index (χ0v) is 13.1. The molecule has 23 heavy (non-hydrogen) atoms. The van der Waals surface area contributed by atoms with Gasteiger partial charge in [-0.15, -0.1) is 0 Å². The third-order valence-corrected chi connectivity index (χ3v) is 3.53. The quantitative estimate of drug-likeness (QED) is 0.649. The molecule has 0 saturated heterocycles. The summed E-state index contributed by atoms with van der Waals surface area (Å²) in [5, 5.41) is 2.73. The van der Waals surface area contributed by atoms with Gasteiger partial charge in [0.25, 0.3) is 11.5 Å². The van der Waals surface area contributed by atoms with Crippen molar-refractivity contribution in [2.24, 2.45) is 0 Å². The van der Waals surface area contributed by atoms with Gasteiger partial charge in [-0.3, -0.25) is 14.6 Å². The Balaban J connectivity index is 2.00. The number of aromatic amines is 2. The van der Waals surface area contributed by atoms with E-state index in [1.165, 1.54) is 11.1 Å². The molecule has 5 N–H and O–H groups in total. The maximum atomic E-state index is 12.1. The lowest BCUT2D eigenvalue weighted by molar-refractivity contribution is 0.0934. The van der Waals surface area contributed by atoms with E-state index in [1.54, 1.807) is 0 Å². The average molecular weight is 316 g/mol.